The monoisotopic (exact) mass is 329 g/mol. The van der Waals surface area contributed by atoms with Gasteiger partial charge in [0.1, 0.15) is 0 Å². The molecule has 0 aliphatic heterocycles. The maximum atomic E-state index is 3.88. The van der Waals surface area contributed by atoms with Crippen molar-refractivity contribution in [3.63, 3.8) is 0 Å². The molecule has 0 fully saturated rings. The number of aromatic nitrogens is 1. The van der Waals surface area contributed by atoms with E-state index in [1.165, 1.54) is 27.4 Å². The molecule has 2 unspecified atom stereocenters. The van der Waals surface area contributed by atoms with Crippen molar-refractivity contribution in [3.8, 4) is 0 Å². The summed E-state index contributed by atoms with van der Waals surface area (Å²) in [4.78, 5) is 3.88. The van der Waals surface area contributed by atoms with Crippen LogP contribution in [0.5, 0.6) is 0 Å². The largest absolute Gasteiger partial charge is 0.355 e. The van der Waals surface area contributed by atoms with Gasteiger partial charge in [0.2, 0.25) is 0 Å². The number of rotatable bonds is 3. The number of H-pyrrole nitrogens is 1. The first-order chi connectivity index (χ1) is 9.58. The summed E-state index contributed by atoms with van der Waals surface area (Å²) in [6, 6.07) is 15.3. The quantitative estimate of drug-likeness (QED) is 0.563. The summed E-state index contributed by atoms with van der Waals surface area (Å²) in [6.07, 6.45) is 0. The van der Waals surface area contributed by atoms with Crippen LogP contribution in [0.15, 0.2) is 42.5 Å². The van der Waals surface area contributed by atoms with E-state index in [0.29, 0.717) is 16.7 Å². The first-order valence-corrected chi connectivity index (χ1v) is 8.14. The minimum absolute atomic E-state index is 0.403. The summed E-state index contributed by atoms with van der Waals surface area (Å²) < 4.78 is 0. The lowest BCUT2D eigenvalue weighted by molar-refractivity contribution is 0.414. The number of nitrogens with one attached hydrogen (secondary N) is 1. The van der Waals surface area contributed by atoms with Gasteiger partial charge in [-0.15, -0.1) is 0 Å². The van der Waals surface area contributed by atoms with Crippen molar-refractivity contribution in [2.24, 2.45) is 11.8 Å². The molecule has 104 valence electrons. The fourth-order valence-corrected chi connectivity index (χ4v) is 3.57. The summed E-state index contributed by atoms with van der Waals surface area (Å²) >= 11 is 3.88. The van der Waals surface area contributed by atoms with Gasteiger partial charge < -0.3 is 4.98 Å². The second-order valence-electron chi connectivity index (χ2n) is 5.98. The van der Waals surface area contributed by atoms with Gasteiger partial charge in [-0.05, 0) is 35.6 Å². The standard InChI is InChI=1S/C18H20BrN/c1-11(2)12(3)18(19)13-8-9-17-15(10-13)14-6-4-5-7-16(14)20-17/h4-12,18,20H,1-3H3. The highest BCUT2D eigenvalue weighted by atomic mass is 79.9. The number of benzene rings is 2. The maximum absolute atomic E-state index is 3.88. The first-order valence-electron chi connectivity index (χ1n) is 7.22. The van der Waals surface area contributed by atoms with E-state index in [1.807, 2.05) is 0 Å². The lowest BCUT2D eigenvalue weighted by Crippen LogP contribution is -2.10. The molecule has 1 nitrogen and oxygen atoms in total. The highest BCUT2D eigenvalue weighted by Gasteiger charge is 2.19. The number of fused-ring (bicyclic) bond motifs is 3. The molecular formula is C18H20BrN. The molecule has 0 spiro atoms. The van der Waals surface area contributed by atoms with Gasteiger partial charge in [0, 0.05) is 26.6 Å². The predicted octanol–water partition coefficient (Wildman–Crippen LogP) is 6.05. The summed E-state index contributed by atoms with van der Waals surface area (Å²) in [5.74, 6) is 1.27. The van der Waals surface area contributed by atoms with E-state index in [1.54, 1.807) is 0 Å². The molecule has 0 bridgehead atoms. The maximum Gasteiger partial charge on any atom is 0.0465 e. The Balaban J connectivity index is 2.12. The summed E-state index contributed by atoms with van der Waals surface area (Å²) in [5.41, 5.74) is 3.79. The first kappa shape index (κ1) is 13.7. The number of halogens is 1. The molecule has 2 heteroatoms. The van der Waals surface area contributed by atoms with Crippen molar-refractivity contribution >= 4 is 37.7 Å². The Bertz CT molecular complexity index is 741. The third-order valence-electron chi connectivity index (χ3n) is 4.36. The minimum Gasteiger partial charge on any atom is -0.355 e. The SMILES string of the molecule is CC(C)C(C)C(Br)c1ccc2[nH]c3ccccc3c2c1. The van der Waals surface area contributed by atoms with Crippen molar-refractivity contribution in [2.45, 2.75) is 25.6 Å². The number of alkyl halides is 1. The van der Waals surface area contributed by atoms with E-state index < -0.39 is 0 Å². The molecular weight excluding hydrogens is 310 g/mol. The zero-order valence-electron chi connectivity index (χ0n) is 12.2. The van der Waals surface area contributed by atoms with E-state index in [9.17, 15) is 0 Å². The smallest absolute Gasteiger partial charge is 0.0465 e. The van der Waals surface area contributed by atoms with Crippen molar-refractivity contribution in [1.82, 2.24) is 4.98 Å². The minimum atomic E-state index is 0.403. The Kier molecular flexibility index (Phi) is 3.59. The fraction of sp³-hybridized carbons (Fsp3) is 0.333. The highest BCUT2D eigenvalue weighted by Crippen LogP contribution is 2.37. The van der Waals surface area contributed by atoms with Crippen LogP contribution < -0.4 is 0 Å². The molecule has 0 amide bonds. The topological polar surface area (TPSA) is 15.8 Å². The van der Waals surface area contributed by atoms with Crippen LogP contribution in [0.1, 0.15) is 31.2 Å². The lowest BCUT2D eigenvalue weighted by Gasteiger charge is -2.22. The van der Waals surface area contributed by atoms with Crippen LogP contribution in [0.2, 0.25) is 0 Å². The molecule has 0 radical (unpaired) electrons. The average molecular weight is 330 g/mol. The van der Waals surface area contributed by atoms with E-state index in [4.69, 9.17) is 0 Å². The Morgan fingerprint density at radius 2 is 1.60 bits per heavy atom. The summed E-state index contributed by atoms with van der Waals surface area (Å²) in [6.45, 7) is 6.87. The zero-order valence-corrected chi connectivity index (χ0v) is 13.7. The molecule has 20 heavy (non-hydrogen) atoms. The normalized spacial score (nSPS) is 15.1. The Labute approximate surface area is 128 Å². The molecule has 2 atom stereocenters. The van der Waals surface area contributed by atoms with E-state index in [2.05, 4.69) is 84.1 Å². The van der Waals surface area contributed by atoms with Crippen molar-refractivity contribution in [1.29, 1.82) is 0 Å². The van der Waals surface area contributed by atoms with E-state index in [-0.39, 0.29) is 0 Å². The summed E-state index contributed by atoms with van der Waals surface area (Å²) in [7, 11) is 0. The predicted molar refractivity (Wildman–Crippen MR) is 91.5 cm³/mol. The zero-order chi connectivity index (χ0) is 14.3. The van der Waals surface area contributed by atoms with Crippen LogP contribution in [0.25, 0.3) is 21.8 Å². The van der Waals surface area contributed by atoms with Gasteiger partial charge in [0.25, 0.3) is 0 Å². The van der Waals surface area contributed by atoms with Gasteiger partial charge in [-0.2, -0.15) is 0 Å². The molecule has 3 aromatic rings. The van der Waals surface area contributed by atoms with Gasteiger partial charge in [-0.1, -0.05) is 61.0 Å². The van der Waals surface area contributed by atoms with Crippen molar-refractivity contribution in [3.05, 3.63) is 48.0 Å². The van der Waals surface area contributed by atoms with Crippen molar-refractivity contribution < 1.29 is 0 Å². The summed E-state index contributed by atoms with van der Waals surface area (Å²) in [5, 5.41) is 2.62. The number of para-hydroxylation sites is 1. The van der Waals surface area contributed by atoms with Crippen molar-refractivity contribution in [2.75, 3.05) is 0 Å². The van der Waals surface area contributed by atoms with Crippen LogP contribution in [-0.2, 0) is 0 Å². The molecule has 1 aromatic heterocycles. The van der Waals surface area contributed by atoms with Gasteiger partial charge in [-0.3, -0.25) is 0 Å². The molecule has 0 saturated heterocycles. The second-order valence-corrected chi connectivity index (χ2v) is 6.97. The van der Waals surface area contributed by atoms with Gasteiger partial charge in [0.15, 0.2) is 0 Å². The average Bonchev–Trinajstić information content (AvgIpc) is 2.83. The van der Waals surface area contributed by atoms with Crippen LogP contribution in [0.3, 0.4) is 0 Å². The number of hydrogen-bond donors (Lipinski definition) is 1. The van der Waals surface area contributed by atoms with Gasteiger partial charge in [-0.25, -0.2) is 0 Å². The second kappa shape index (κ2) is 5.25. The van der Waals surface area contributed by atoms with Gasteiger partial charge >= 0.3 is 0 Å². The van der Waals surface area contributed by atoms with Crippen LogP contribution in [-0.4, -0.2) is 4.98 Å². The molecule has 1 N–H and O–H groups in total. The van der Waals surface area contributed by atoms with E-state index >= 15 is 0 Å². The van der Waals surface area contributed by atoms with E-state index in [0.717, 1.165) is 0 Å². The molecule has 0 saturated carbocycles. The van der Waals surface area contributed by atoms with Gasteiger partial charge in [0.05, 0.1) is 0 Å². The Morgan fingerprint density at radius 1 is 0.900 bits per heavy atom. The van der Waals surface area contributed by atoms with Crippen LogP contribution >= 0.6 is 15.9 Å². The molecule has 3 rings (SSSR count). The van der Waals surface area contributed by atoms with Crippen LogP contribution in [0.4, 0.5) is 0 Å². The number of aromatic amines is 1. The third kappa shape index (κ3) is 2.26. The number of hydrogen-bond acceptors (Lipinski definition) is 0. The molecule has 0 aliphatic rings. The lowest BCUT2D eigenvalue weighted by atomic mass is 9.90. The molecule has 1 heterocycles. The molecule has 0 aliphatic carbocycles. The molecule has 2 aromatic carbocycles. The third-order valence-corrected chi connectivity index (χ3v) is 5.72. The Morgan fingerprint density at radius 3 is 2.35 bits per heavy atom. The highest BCUT2D eigenvalue weighted by molar-refractivity contribution is 9.09. The Hall–Kier alpha value is -1.28. The fourth-order valence-electron chi connectivity index (χ4n) is 2.68. The van der Waals surface area contributed by atoms with Crippen LogP contribution in [0, 0.1) is 11.8 Å².